The quantitative estimate of drug-likeness (QED) is 0.713. The van der Waals surface area contributed by atoms with Gasteiger partial charge in [0.25, 0.3) is 5.91 Å². The Kier molecular flexibility index (Phi) is 3.01. The highest BCUT2D eigenvalue weighted by Gasteiger charge is 2.24. The molecule has 0 aliphatic carbocycles. The van der Waals surface area contributed by atoms with Crippen molar-refractivity contribution >= 4 is 28.3 Å². The monoisotopic (exact) mass is 342 g/mol. The van der Waals surface area contributed by atoms with Crippen LogP contribution in [0.1, 0.15) is 20.8 Å². The topological polar surface area (TPSA) is 59.0 Å². The van der Waals surface area contributed by atoms with Gasteiger partial charge in [-0.05, 0) is 30.7 Å². The van der Waals surface area contributed by atoms with E-state index in [1.54, 1.807) is 11.3 Å². The van der Waals surface area contributed by atoms with Crippen LogP contribution in [0.4, 0.5) is 4.39 Å². The molecule has 1 amide bonds. The molecule has 24 heavy (non-hydrogen) atoms. The third-order valence-electron chi connectivity index (χ3n) is 4.65. The van der Waals surface area contributed by atoms with Gasteiger partial charge in [-0.2, -0.15) is 0 Å². The molecule has 5 nitrogen and oxygen atoms in total. The third kappa shape index (κ3) is 2.01. The maximum Gasteiger partial charge on any atom is 0.253 e. The first kappa shape index (κ1) is 14.1. The van der Waals surface area contributed by atoms with Gasteiger partial charge in [0, 0.05) is 30.6 Å². The summed E-state index contributed by atoms with van der Waals surface area (Å²) < 4.78 is 16.0. The lowest BCUT2D eigenvalue weighted by Gasteiger charge is -2.10. The van der Waals surface area contributed by atoms with Crippen LogP contribution < -0.4 is 10.6 Å². The molecule has 1 aromatic carbocycles. The highest BCUT2D eigenvalue weighted by atomic mass is 32.1. The first-order chi connectivity index (χ1) is 11.7. The normalized spacial score (nSPS) is 16.8. The highest BCUT2D eigenvalue weighted by molar-refractivity contribution is 7.15. The number of imidazole rings is 1. The van der Waals surface area contributed by atoms with Crippen molar-refractivity contribution in [3.8, 4) is 10.7 Å². The zero-order chi connectivity index (χ0) is 16.3. The molecule has 7 heteroatoms. The van der Waals surface area contributed by atoms with Gasteiger partial charge in [0.15, 0.2) is 5.82 Å². The lowest BCUT2D eigenvalue weighted by molar-refractivity contribution is 0.0956. The third-order valence-corrected chi connectivity index (χ3v) is 5.82. The Labute approximate surface area is 141 Å². The number of nitrogens with zero attached hydrogens (tertiary/aromatic N) is 2. The second kappa shape index (κ2) is 5.12. The Morgan fingerprint density at radius 3 is 3.04 bits per heavy atom. The van der Waals surface area contributed by atoms with Crippen LogP contribution in [0, 0.1) is 5.82 Å². The molecule has 5 rings (SSSR count). The van der Waals surface area contributed by atoms with E-state index in [1.165, 1.54) is 22.6 Å². The van der Waals surface area contributed by atoms with Crippen molar-refractivity contribution in [1.82, 2.24) is 20.2 Å². The summed E-state index contributed by atoms with van der Waals surface area (Å²) >= 11 is 1.73. The maximum atomic E-state index is 13.9. The van der Waals surface area contributed by atoms with Gasteiger partial charge in [-0.15, -0.1) is 11.3 Å². The zero-order valence-corrected chi connectivity index (χ0v) is 13.7. The maximum absolute atomic E-state index is 13.9. The van der Waals surface area contributed by atoms with Gasteiger partial charge in [-0.25, -0.2) is 9.37 Å². The van der Waals surface area contributed by atoms with E-state index in [9.17, 15) is 9.18 Å². The molecular formula is C17H15FN4OS. The second-order valence-electron chi connectivity index (χ2n) is 6.15. The van der Waals surface area contributed by atoms with E-state index in [4.69, 9.17) is 0 Å². The van der Waals surface area contributed by atoms with Crippen molar-refractivity contribution in [2.45, 2.75) is 19.5 Å². The van der Waals surface area contributed by atoms with Crippen molar-refractivity contribution in [3.05, 3.63) is 40.0 Å². The number of aromatic nitrogens is 2. The van der Waals surface area contributed by atoms with Crippen molar-refractivity contribution in [2.24, 2.45) is 0 Å². The number of rotatable bonds is 1. The fraction of sp³-hybridized carbons (Fsp3) is 0.294. The number of nitrogens with one attached hydrogen (secondary N) is 2. The number of amides is 1. The van der Waals surface area contributed by atoms with Crippen LogP contribution in [0.25, 0.3) is 21.7 Å². The standard InChI is InChI=1S/C17H15FN4OS/c18-10-6-11-15-12(7-10)21-16(22(15)4-3-20-17(11)23)13-5-9-1-2-19-8-14(9)24-13/h5-7,19H,1-4,8H2,(H,20,23). The fourth-order valence-corrected chi connectivity index (χ4v) is 4.73. The largest absolute Gasteiger partial charge is 0.350 e. The van der Waals surface area contributed by atoms with Crippen molar-refractivity contribution < 1.29 is 9.18 Å². The van der Waals surface area contributed by atoms with Crippen molar-refractivity contribution in [2.75, 3.05) is 13.1 Å². The van der Waals surface area contributed by atoms with Crippen LogP contribution in [0.5, 0.6) is 0 Å². The molecule has 0 saturated heterocycles. The van der Waals surface area contributed by atoms with Gasteiger partial charge >= 0.3 is 0 Å². The molecule has 3 aromatic rings. The molecule has 2 aliphatic heterocycles. The van der Waals surface area contributed by atoms with Gasteiger partial charge in [0.1, 0.15) is 5.82 Å². The molecule has 0 unspecified atom stereocenters. The van der Waals surface area contributed by atoms with Crippen LogP contribution in [-0.4, -0.2) is 28.5 Å². The zero-order valence-electron chi connectivity index (χ0n) is 12.9. The van der Waals surface area contributed by atoms with Gasteiger partial charge in [-0.1, -0.05) is 0 Å². The van der Waals surface area contributed by atoms with Crippen molar-refractivity contribution in [1.29, 1.82) is 0 Å². The van der Waals surface area contributed by atoms with E-state index in [2.05, 4.69) is 21.7 Å². The predicted molar refractivity (Wildman–Crippen MR) is 90.7 cm³/mol. The first-order valence-corrected chi connectivity index (χ1v) is 8.83. The Morgan fingerprint density at radius 1 is 1.25 bits per heavy atom. The number of carbonyl (C=O) groups is 1. The van der Waals surface area contributed by atoms with Gasteiger partial charge in [0.05, 0.1) is 21.5 Å². The van der Waals surface area contributed by atoms with E-state index >= 15 is 0 Å². The number of thiophene rings is 1. The van der Waals surface area contributed by atoms with E-state index in [0.29, 0.717) is 24.2 Å². The summed E-state index contributed by atoms with van der Waals surface area (Å²) in [6.45, 7) is 3.03. The van der Waals surface area contributed by atoms with Crippen LogP contribution >= 0.6 is 11.3 Å². The van der Waals surface area contributed by atoms with E-state index in [-0.39, 0.29) is 5.91 Å². The smallest absolute Gasteiger partial charge is 0.253 e. The second-order valence-corrected chi connectivity index (χ2v) is 7.29. The number of hydrogen-bond donors (Lipinski definition) is 2. The van der Waals surface area contributed by atoms with Crippen LogP contribution in [0.2, 0.25) is 0 Å². The summed E-state index contributed by atoms with van der Waals surface area (Å²) in [5, 5.41) is 6.21. The summed E-state index contributed by atoms with van der Waals surface area (Å²) in [6.07, 6.45) is 1.02. The Hall–Kier alpha value is -2.25. The minimum atomic E-state index is -0.430. The van der Waals surface area contributed by atoms with Crippen LogP contribution in [0.3, 0.4) is 0 Å². The Morgan fingerprint density at radius 2 is 2.17 bits per heavy atom. The number of fused-ring (bicyclic) bond motifs is 1. The molecule has 0 atom stereocenters. The Bertz CT molecular complexity index is 967. The van der Waals surface area contributed by atoms with E-state index < -0.39 is 5.82 Å². The molecule has 0 bridgehead atoms. The van der Waals surface area contributed by atoms with E-state index in [1.807, 2.05) is 4.57 Å². The average Bonchev–Trinajstić information content (AvgIpc) is 3.10. The number of carbonyl (C=O) groups excluding carboxylic acids is 1. The number of benzene rings is 1. The minimum absolute atomic E-state index is 0.237. The van der Waals surface area contributed by atoms with Crippen molar-refractivity contribution in [3.63, 3.8) is 0 Å². The molecule has 2 aromatic heterocycles. The molecule has 4 heterocycles. The molecule has 0 radical (unpaired) electrons. The van der Waals surface area contributed by atoms with E-state index in [0.717, 1.165) is 35.7 Å². The minimum Gasteiger partial charge on any atom is -0.350 e. The van der Waals surface area contributed by atoms with Crippen LogP contribution in [-0.2, 0) is 19.5 Å². The van der Waals surface area contributed by atoms with Gasteiger partial charge < -0.3 is 15.2 Å². The summed E-state index contributed by atoms with van der Waals surface area (Å²) in [7, 11) is 0. The average molecular weight is 342 g/mol. The number of hydrogen-bond acceptors (Lipinski definition) is 4. The molecule has 122 valence electrons. The molecule has 0 fully saturated rings. The predicted octanol–water partition coefficient (Wildman–Crippen LogP) is 2.29. The fourth-order valence-electron chi connectivity index (χ4n) is 3.55. The molecule has 0 saturated carbocycles. The molecule has 0 spiro atoms. The molecular weight excluding hydrogens is 327 g/mol. The van der Waals surface area contributed by atoms with Crippen LogP contribution in [0.15, 0.2) is 18.2 Å². The molecule has 2 aliphatic rings. The first-order valence-electron chi connectivity index (χ1n) is 8.01. The lowest BCUT2D eigenvalue weighted by atomic mass is 10.1. The summed E-state index contributed by atoms with van der Waals surface area (Å²) in [5.74, 6) is 0.160. The Balaban J connectivity index is 1.77. The molecule has 2 N–H and O–H groups in total. The lowest BCUT2D eigenvalue weighted by Crippen LogP contribution is -2.24. The highest BCUT2D eigenvalue weighted by Crippen LogP contribution is 2.35. The summed E-state index contributed by atoms with van der Waals surface area (Å²) in [6, 6.07) is 4.91. The number of halogens is 1. The summed E-state index contributed by atoms with van der Waals surface area (Å²) in [4.78, 5) is 19.3. The van der Waals surface area contributed by atoms with Gasteiger partial charge in [0.2, 0.25) is 0 Å². The summed E-state index contributed by atoms with van der Waals surface area (Å²) in [5.41, 5.74) is 3.00. The van der Waals surface area contributed by atoms with Gasteiger partial charge in [-0.3, -0.25) is 4.79 Å². The SMILES string of the molecule is O=C1NCCn2c(-c3cc4c(s3)CNCC4)nc3cc(F)cc1c32.